The number of halogens is 1. The van der Waals surface area contributed by atoms with E-state index in [0.29, 0.717) is 36.0 Å². The first-order chi connectivity index (χ1) is 10.1. The van der Waals surface area contributed by atoms with Gasteiger partial charge in [-0.25, -0.2) is 0 Å². The zero-order valence-corrected chi connectivity index (χ0v) is 12.3. The number of ether oxygens (including phenoxy) is 1. The van der Waals surface area contributed by atoms with Crippen LogP contribution in [0.1, 0.15) is 5.56 Å². The van der Waals surface area contributed by atoms with Gasteiger partial charge in [0.05, 0.1) is 18.7 Å². The van der Waals surface area contributed by atoms with Crippen LogP contribution in [0.15, 0.2) is 48.5 Å². The van der Waals surface area contributed by atoms with E-state index in [1.165, 1.54) is 0 Å². The molecule has 0 aliphatic heterocycles. The van der Waals surface area contributed by atoms with Crippen LogP contribution in [0.5, 0.6) is 5.75 Å². The largest absolute Gasteiger partial charge is 0.490 e. The minimum atomic E-state index is -0.0537. The average Bonchev–Trinajstić information content (AvgIpc) is 2.48. The van der Waals surface area contributed by atoms with Crippen molar-refractivity contribution >= 4 is 23.2 Å². The molecule has 0 heterocycles. The first-order valence-electron chi connectivity index (χ1n) is 6.63. The number of carbonyl (C=O) groups is 1. The third kappa shape index (κ3) is 5.00. The Morgan fingerprint density at radius 3 is 2.57 bits per heavy atom. The number of amides is 1. The molecule has 0 radical (unpaired) electrons. The van der Waals surface area contributed by atoms with E-state index in [9.17, 15) is 4.79 Å². The van der Waals surface area contributed by atoms with Gasteiger partial charge in [-0.05, 0) is 29.8 Å². The minimum Gasteiger partial charge on any atom is -0.490 e. The van der Waals surface area contributed by atoms with Crippen LogP contribution in [-0.4, -0.2) is 19.1 Å². The molecule has 3 N–H and O–H groups in total. The SMILES string of the molecule is Nc1ccccc1OCCNC(=O)Cc1ccc(Cl)cc1. The molecule has 0 aromatic heterocycles. The van der Waals surface area contributed by atoms with Gasteiger partial charge >= 0.3 is 0 Å². The Kier molecular flexibility index (Phi) is 5.46. The predicted molar refractivity (Wildman–Crippen MR) is 84.5 cm³/mol. The summed E-state index contributed by atoms with van der Waals surface area (Å²) in [4.78, 5) is 11.8. The van der Waals surface area contributed by atoms with Crippen LogP contribution >= 0.6 is 11.6 Å². The van der Waals surface area contributed by atoms with Gasteiger partial charge in [0.15, 0.2) is 0 Å². The fraction of sp³-hybridized carbons (Fsp3) is 0.188. The molecule has 4 nitrogen and oxygen atoms in total. The molecule has 2 aromatic rings. The van der Waals surface area contributed by atoms with Crippen molar-refractivity contribution in [1.29, 1.82) is 0 Å². The fourth-order valence-electron chi connectivity index (χ4n) is 1.81. The van der Waals surface area contributed by atoms with Crippen molar-refractivity contribution in [1.82, 2.24) is 5.32 Å². The normalized spacial score (nSPS) is 10.1. The molecule has 0 saturated heterocycles. The number of rotatable bonds is 6. The highest BCUT2D eigenvalue weighted by atomic mass is 35.5. The van der Waals surface area contributed by atoms with Crippen LogP contribution in [0.3, 0.4) is 0 Å². The van der Waals surface area contributed by atoms with Gasteiger partial charge in [0.1, 0.15) is 12.4 Å². The Morgan fingerprint density at radius 1 is 1.14 bits per heavy atom. The number of hydrogen-bond acceptors (Lipinski definition) is 3. The second-order valence-corrected chi connectivity index (χ2v) is 4.98. The molecule has 0 aliphatic carbocycles. The number of benzene rings is 2. The van der Waals surface area contributed by atoms with Crippen LogP contribution in [-0.2, 0) is 11.2 Å². The number of hydrogen-bond donors (Lipinski definition) is 2. The molecule has 0 aliphatic rings. The molecule has 110 valence electrons. The third-order valence-corrected chi connectivity index (χ3v) is 3.13. The van der Waals surface area contributed by atoms with Crippen LogP contribution in [0, 0.1) is 0 Å². The molecule has 0 saturated carbocycles. The van der Waals surface area contributed by atoms with E-state index < -0.39 is 0 Å². The number of para-hydroxylation sites is 2. The fourth-order valence-corrected chi connectivity index (χ4v) is 1.94. The van der Waals surface area contributed by atoms with Gasteiger partial charge in [0.2, 0.25) is 5.91 Å². The molecule has 2 rings (SSSR count). The van der Waals surface area contributed by atoms with Crippen molar-refractivity contribution in [3.63, 3.8) is 0 Å². The maximum atomic E-state index is 11.8. The molecule has 0 bridgehead atoms. The summed E-state index contributed by atoms with van der Waals surface area (Å²) in [7, 11) is 0. The molecular weight excluding hydrogens is 288 g/mol. The van der Waals surface area contributed by atoms with Crippen LogP contribution in [0.2, 0.25) is 5.02 Å². The van der Waals surface area contributed by atoms with Crippen molar-refractivity contribution in [2.45, 2.75) is 6.42 Å². The topological polar surface area (TPSA) is 64.3 Å². The first-order valence-corrected chi connectivity index (χ1v) is 7.01. The van der Waals surface area contributed by atoms with Gasteiger partial charge < -0.3 is 15.8 Å². The number of nitrogens with two attached hydrogens (primary N) is 1. The number of nitrogens with one attached hydrogen (secondary N) is 1. The first kappa shape index (κ1) is 15.2. The van der Waals surface area contributed by atoms with Crippen LogP contribution < -0.4 is 15.8 Å². The van der Waals surface area contributed by atoms with Gasteiger partial charge in [-0.1, -0.05) is 35.9 Å². The van der Waals surface area contributed by atoms with Crippen molar-refractivity contribution < 1.29 is 9.53 Å². The van der Waals surface area contributed by atoms with Crippen LogP contribution in [0.4, 0.5) is 5.69 Å². The molecule has 21 heavy (non-hydrogen) atoms. The molecule has 2 aromatic carbocycles. The maximum absolute atomic E-state index is 11.8. The Morgan fingerprint density at radius 2 is 1.86 bits per heavy atom. The van der Waals surface area contributed by atoms with E-state index in [-0.39, 0.29) is 5.91 Å². The quantitative estimate of drug-likeness (QED) is 0.637. The summed E-state index contributed by atoms with van der Waals surface area (Å²) in [6.45, 7) is 0.807. The van der Waals surface area contributed by atoms with Gasteiger partial charge in [0, 0.05) is 5.02 Å². The smallest absolute Gasteiger partial charge is 0.224 e. The van der Waals surface area contributed by atoms with E-state index in [1.54, 1.807) is 24.3 Å². The minimum absolute atomic E-state index is 0.0537. The zero-order valence-electron chi connectivity index (χ0n) is 11.5. The summed E-state index contributed by atoms with van der Waals surface area (Å²) in [5.41, 5.74) is 7.26. The summed E-state index contributed by atoms with van der Waals surface area (Å²) in [5.74, 6) is 0.575. The Hall–Kier alpha value is -2.20. The number of nitrogen functional groups attached to an aromatic ring is 1. The van der Waals surface area contributed by atoms with E-state index in [2.05, 4.69) is 5.32 Å². The summed E-state index contributed by atoms with van der Waals surface area (Å²) in [6.07, 6.45) is 0.324. The molecule has 0 fully saturated rings. The lowest BCUT2D eigenvalue weighted by Crippen LogP contribution is -2.29. The lowest BCUT2D eigenvalue weighted by molar-refractivity contribution is -0.120. The highest BCUT2D eigenvalue weighted by molar-refractivity contribution is 6.30. The molecular formula is C16H17ClN2O2. The zero-order chi connectivity index (χ0) is 15.1. The summed E-state index contributed by atoms with van der Waals surface area (Å²) in [5, 5.41) is 3.46. The van der Waals surface area contributed by atoms with Crippen molar-refractivity contribution in [2.75, 3.05) is 18.9 Å². The summed E-state index contributed by atoms with van der Waals surface area (Å²) >= 11 is 5.79. The molecule has 0 atom stereocenters. The highest BCUT2D eigenvalue weighted by Gasteiger charge is 2.03. The van der Waals surface area contributed by atoms with E-state index in [0.717, 1.165) is 5.56 Å². The van der Waals surface area contributed by atoms with Crippen LogP contribution in [0.25, 0.3) is 0 Å². The maximum Gasteiger partial charge on any atom is 0.224 e. The predicted octanol–water partition coefficient (Wildman–Crippen LogP) is 2.66. The molecule has 1 amide bonds. The van der Waals surface area contributed by atoms with E-state index in [1.807, 2.05) is 24.3 Å². The summed E-state index contributed by atoms with van der Waals surface area (Å²) < 4.78 is 5.50. The Balaban J connectivity index is 1.70. The van der Waals surface area contributed by atoms with Crippen molar-refractivity contribution in [3.8, 4) is 5.75 Å². The molecule has 0 unspecified atom stereocenters. The van der Waals surface area contributed by atoms with Crippen molar-refractivity contribution in [2.24, 2.45) is 0 Å². The molecule has 0 spiro atoms. The monoisotopic (exact) mass is 304 g/mol. The second-order valence-electron chi connectivity index (χ2n) is 4.54. The van der Waals surface area contributed by atoms with Gasteiger partial charge in [-0.2, -0.15) is 0 Å². The third-order valence-electron chi connectivity index (χ3n) is 2.88. The number of anilines is 1. The Labute approximate surface area is 128 Å². The molecule has 5 heteroatoms. The van der Waals surface area contributed by atoms with Crippen molar-refractivity contribution in [3.05, 3.63) is 59.1 Å². The lowest BCUT2D eigenvalue weighted by atomic mass is 10.1. The van der Waals surface area contributed by atoms with Gasteiger partial charge in [-0.15, -0.1) is 0 Å². The number of carbonyl (C=O) groups excluding carboxylic acids is 1. The average molecular weight is 305 g/mol. The van der Waals surface area contributed by atoms with E-state index >= 15 is 0 Å². The highest BCUT2D eigenvalue weighted by Crippen LogP contribution is 2.19. The van der Waals surface area contributed by atoms with Gasteiger partial charge in [0.25, 0.3) is 0 Å². The Bertz CT molecular complexity index is 599. The standard InChI is InChI=1S/C16H17ClN2O2/c17-13-7-5-12(6-8-13)11-16(20)19-9-10-21-15-4-2-1-3-14(15)18/h1-8H,9-11,18H2,(H,19,20). The lowest BCUT2D eigenvalue weighted by Gasteiger charge is -2.09. The van der Waals surface area contributed by atoms with E-state index in [4.69, 9.17) is 22.1 Å². The van der Waals surface area contributed by atoms with Gasteiger partial charge in [-0.3, -0.25) is 4.79 Å². The summed E-state index contributed by atoms with van der Waals surface area (Å²) in [6, 6.07) is 14.5. The second kappa shape index (κ2) is 7.55.